The van der Waals surface area contributed by atoms with Gasteiger partial charge >= 0.3 is 0 Å². The summed E-state index contributed by atoms with van der Waals surface area (Å²) in [4.78, 5) is 11.5. The lowest BCUT2D eigenvalue weighted by Crippen LogP contribution is -2.16. The Balaban J connectivity index is 3.40. The van der Waals surface area contributed by atoms with Gasteiger partial charge in [0.15, 0.2) is 5.78 Å². The molecule has 4 heteroatoms. The van der Waals surface area contributed by atoms with Crippen LogP contribution < -0.4 is 0 Å². The molecule has 1 aromatic rings. The molecule has 0 fully saturated rings. The molecule has 0 aliphatic carbocycles. The Bertz CT molecular complexity index is 570. The van der Waals surface area contributed by atoms with Crippen LogP contribution in [0.25, 0.3) is 5.70 Å². The lowest BCUT2D eigenvalue weighted by molar-refractivity contribution is -0.113. The van der Waals surface area contributed by atoms with Gasteiger partial charge in [-0.3, -0.25) is 15.1 Å². The Kier molecular flexibility index (Phi) is 4.69. The van der Waals surface area contributed by atoms with Crippen molar-refractivity contribution < 1.29 is 10.0 Å². The van der Waals surface area contributed by atoms with Crippen molar-refractivity contribution in [1.29, 1.82) is 5.26 Å². The molecule has 4 nitrogen and oxygen atoms in total. The zero-order chi connectivity index (χ0) is 15.5. The molecule has 0 bridgehead atoms. The summed E-state index contributed by atoms with van der Waals surface area (Å²) in [5.41, 5.74) is 1.96. The highest BCUT2D eigenvalue weighted by molar-refractivity contribution is 6.04. The Hall–Kier alpha value is -2.12. The number of benzene rings is 1. The average molecular weight is 272 g/mol. The first-order valence-corrected chi connectivity index (χ1v) is 6.37. The Morgan fingerprint density at radius 2 is 1.75 bits per heavy atom. The molecule has 0 amide bonds. The molecular formula is C16H20N2O2. The van der Waals surface area contributed by atoms with Crippen molar-refractivity contribution in [1.82, 2.24) is 5.06 Å². The summed E-state index contributed by atoms with van der Waals surface area (Å²) in [5.74, 6) is -0.372. The largest absolute Gasteiger partial charge is 0.294 e. The number of hydroxylamine groups is 2. The summed E-state index contributed by atoms with van der Waals surface area (Å²) in [6.07, 6.45) is 0. The number of nitrogens with zero attached hydrogens (tertiary/aromatic N) is 2. The molecule has 106 valence electrons. The van der Waals surface area contributed by atoms with Crippen LogP contribution in [-0.4, -0.2) is 23.1 Å². The maximum atomic E-state index is 11.5. The van der Waals surface area contributed by atoms with E-state index >= 15 is 0 Å². The number of carbonyl (C=O) groups is 1. The zero-order valence-corrected chi connectivity index (χ0v) is 12.6. The molecule has 0 atom stereocenters. The number of rotatable bonds is 3. The highest BCUT2D eigenvalue weighted by Gasteiger charge is 2.18. The molecule has 0 unspecified atom stereocenters. The van der Waals surface area contributed by atoms with Gasteiger partial charge in [0.1, 0.15) is 11.6 Å². The standard InChI is InChI=1S/C16H20N2O2/c1-11(19)14(10-17)15(18(5)20)12-6-8-13(9-7-12)16(2,3)4/h6-9,20H,1-5H3/b15-14-. The minimum atomic E-state index is -0.372. The summed E-state index contributed by atoms with van der Waals surface area (Å²) >= 11 is 0. The number of hydrogen-bond donors (Lipinski definition) is 1. The summed E-state index contributed by atoms with van der Waals surface area (Å²) in [6.45, 7) is 7.62. The van der Waals surface area contributed by atoms with Crippen LogP contribution in [0.4, 0.5) is 0 Å². The van der Waals surface area contributed by atoms with Crippen LogP contribution in [0.1, 0.15) is 38.8 Å². The number of allylic oxidation sites excluding steroid dienone is 1. The second-order valence-corrected chi connectivity index (χ2v) is 5.74. The third kappa shape index (κ3) is 3.46. The fourth-order valence-electron chi connectivity index (χ4n) is 1.92. The number of Topliss-reactive ketones (excluding diaryl/α,β-unsaturated/α-hetero) is 1. The van der Waals surface area contributed by atoms with E-state index in [4.69, 9.17) is 5.26 Å². The molecule has 0 radical (unpaired) electrons. The van der Waals surface area contributed by atoms with Gasteiger partial charge in [0.2, 0.25) is 0 Å². The van der Waals surface area contributed by atoms with Gasteiger partial charge in [-0.2, -0.15) is 5.26 Å². The molecule has 1 aromatic carbocycles. The molecule has 0 saturated carbocycles. The second-order valence-electron chi connectivity index (χ2n) is 5.74. The summed E-state index contributed by atoms with van der Waals surface area (Å²) in [6, 6.07) is 9.35. The first-order chi connectivity index (χ1) is 9.18. The van der Waals surface area contributed by atoms with Crippen LogP contribution in [0.3, 0.4) is 0 Å². The van der Waals surface area contributed by atoms with E-state index in [0.717, 1.165) is 10.6 Å². The SMILES string of the molecule is CC(=O)/C(C#N)=C(/c1ccc(C(C)(C)C)cc1)N(C)O. The Morgan fingerprint density at radius 1 is 1.25 bits per heavy atom. The average Bonchev–Trinajstić information content (AvgIpc) is 2.33. The third-order valence-electron chi connectivity index (χ3n) is 3.05. The monoisotopic (exact) mass is 272 g/mol. The van der Waals surface area contributed by atoms with Gasteiger partial charge < -0.3 is 0 Å². The van der Waals surface area contributed by atoms with Crippen molar-refractivity contribution in [3.05, 3.63) is 41.0 Å². The van der Waals surface area contributed by atoms with Crippen molar-refractivity contribution in [3.8, 4) is 6.07 Å². The van der Waals surface area contributed by atoms with Gasteiger partial charge in [0.05, 0.1) is 5.70 Å². The van der Waals surface area contributed by atoms with Crippen molar-refractivity contribution in [3.63, 3.8) is 0 Å². The minimum absolute atomic E-state index is 0.0200. The highest BCUT2D eigenvalue weighted by Crippen LogP contribution is 2.26. The first-order valence-electron chi connectivity index (χ1n) is 6.37. The van der Waals surface area contributed by atoms with E-state index in [2.05, 4.69) is 20.8 Å². The molecule has 1 rings (SSSR count). The summed E-state index contributed by atoms with van der Waals surface area (Å²) in [7, 11) is 1.40. The first kappa shape index (κ1) is 15.9. The van der Waals surface area contributed by atoms with Gasteiger partial charge in [-0.25, -0.2) is 0 Å². The molecule has 0 aliphatic heterocycles. The predicted octanol–water partition coefficient (Wildman–Crippen LogP) is 3.13. The minimum Gasteiger partial charge on any atom is -0.294 e. The van der Waals surface area contributed by atoms with E-state index in [1.807, 2.05) is 30.3 Å². The van der Waals surface area contributed by atoms with E-state index < -0.39 is 0 Å². The van der Waals surface area contributed by atoms with Gasteiger partial charge in [-0.15, -0.1) is 0 Å². The lowest BCUT2D eigenvalue weighted by Gasteiger charge is -2.21. The molecule has 0 aliphatic rings. The third-order valence-corrected chi connectivity index (χ3v) is 3.05. The molecule has 0 spiro atoms. The Morgan fingerprint density at radius 3 is 2.05 bits per heavy atom. The van der Waals surface area contributed by atoms with Crippen molar-refractivity contribution in [2.45, 2.75) is 33.1 Å². The van der Waals surface area contributed by atoms with E-state index in [1.54, 1.807) is 0 Å². The summed E-state index contributed by atoms with van der Waals surface area (Å²) in [5, 5.41) is 19.6. The van der Waals surface area contributed by atoms with Crippen LogP contribution in [0.2, 0.25) is 0 Å². The topological polar surface area (TPSA) is 64.3 Å². The van der Waals surface area contributed by atoms with Gasteiger partial charge in [0, 0.05) is 12.6 Å². The maximum absolute atomic E-state index is 11.5. The van der Waals surface area contributed by atoms with Crippen LogP contribution in [-0.2, 0) is 10.2 Å². The van der Waals surface area contributed by atoms with Crippen molar-refractivity contribution in [2.75, 3.05) is 7.05 Å². The maximum Gasteiger partial charge on any atom is 0.172 e. The number of ketones is 1. The normalized spacial score (nSPS) is 12.4. The van der Waals surface area contributed by atoms with Gasteiger partial charge in [-0.1, -0.05) is 45.0 Å². The smallest absolute Gasteiger partial charge is 0.172 e. The van der Waals surface area contributed by atoms with Crippen LogP contribution in [0.5, 0.6) is 0 Å². The number of carbonyl (C=O) groups excluding carboxylic acids is 1. The molecule has 0 aromatic heterocycles. The number of hydrogen-bond acceptors (Lipinski definition) is 4. The quantitative estimate of drug-likeness (QED) is 0.521. The lowest BCUT2D eigenvalue weighted by atomic mass is 9.86. The van der Waals surface area contributed by atoms with E-state index in [-0.39, 0.29) is 22.5 Å². The zero-order valence-electron chi connectivity index (χ0n) is 12.6. The fraction of sp³-hybridized carbons (Fsp3) is 0.375. The molecular weight excluding hydrogens is 252 g/mol. The molecule has 1 N–H and O–H groups in total. The van der Waals surface area contributed by atoms with Gasteiger partial charge in [0.25, 0.3) is 0 Å². The molecule has 0 saturated heterocycles. The molecule has 20 heavy (non-hydrogen) atoms. The van der Waals surface area contributed by atoms with Crippen LogP contribution in [0, 0.1) is 11.3 Å². The Labute approximate surface area is 119 Å². The van der Waals surface area contributed by atoms with E-state index in [1.165, 1.54) is 14.0 Å². The van der Waals surface area contributed by atoms with E-state index in [9.17, 15) is 10.0 Å². The van der Waals surface area contributed by atoms with Crippen molar-refractivity contribution >= 4 is 11.5 Å². The van der Waals surface area contributed by atoms with E-state index in [0.29, 0.717) is 5.56 Å². The summed E-state index contributed by atoms with van der Waals surface area (Å²) < 4.78 is 0. The van der Waals surface area contributed by atoms with Crippen LogP contribution >= 0.6 is 0 Å². The van der Waals surface area contributed by atoms with Crippen molar-refractivity contribution in [2.24, 2.45) is 0 Å². The molecule has 0 heterocycles. The van der Waals surface area contributed by atoms with Gasteiger partial charge in [-0.05, 0) is 17.9 Å². The van der Waals surface area contributed by atoms with Crippen LogP contribution in [0.15, 0.2) is 29.8 Å². The number of nitriles is 1. The second kappa shape index (κ2) is 5.89. The predicted molar refractivity (Wildman–Crippen MR) is 77.9 cm³/mol. The fourth-order valence-corrected chi connectivity index (χ4v) is 1.92. The highest BCUT2D eigenvalue weighted by atomic mass is 16.5.